The van der Waals surface area contributed by atoms with E-state index >= 15 is 0 Å². The number of anilines is 1. The normalized spacial score (nSPS) is 20.0. The summed E-state index contributed by atoms with van der Waals surface area (Å²) >= 11 is 0. The Morgan fingerprint density at radius 1 is 1.53 bits per heavy atom. The molecule has 0 amide bonds. The third-order valence-corrected chi connectivity index (χ3v) is 2.91. The largest absolute Gasteiger partial charge is 0.485 e. The summed E-state index contributed by atoms with van der Waals surface area (Å²) < 4.78 is 11.1. The van der Waals surface area contributed by atoms with E-state index in [1.165, 1.54) is 0 Å². The van der Waals surface area contributed by atoms with Crippen molar-refractivity contribution in [1.29, 1.82) is 0 Å². The minimum atomic E-state index is 0.175. The molecule has 2 N–H and O–H groups in total. The second kappa shape index (κ2) is 5.89. The summed E-state index contributed by atoms with van der Waals surface area (Å²) in [5, 5.41) is 6.72. The van der Waals surface area contributed by atoms with Gasteiger partial charge < -0.3 is 20.1 Å². The zero-order valence-corrected chi connectivity index (χ0v) is 10.4. The van der Waals surface area contributed by atoms with Gasteiger partial charge in [-0.1, -0.05) is 12.1 Å². The van der Waals surface area contributed by atoms with Gasteiger partial charge >= 0.3 is 0 Å². The number of hydrogen-bond donors (Lipinski definition) is 2. The Bertz CT molecular complexity index is 357. The molecule has 1 aromatic rings. The first-order valence-electron chi connectivity index (χ1n) is 6.02. The lowest BCUT2D eigenvalue weighted by atomic mass is 10.2. The van der Waals surface area contributed by atoms with Gasteiger partial charge in [0.05, 0.1) is 18.3 Å². The van der Waals surface area contributed by atoms with Crippen LogP contribution in [0.2, 0.25) is 0 Å². The highest BCUT2D eigenvalue weighted by molar-refractivity contribution is 5.57. The Kier molecular flexibility index (Phi) is 4.23. The van der Waals surface area contributed by atoms with Crippen LogP contribution < -0.4 is 15.4 Å². The van der Waals surface area contributed by atoms with E-state index in [4.69, 9.17) is 9.47 Å². The Hall–Kier alpha value is -1.26. The van der Waals surface area contributed by atoms with Gasteiger partial charge in [0.1, 0.15) is 11.9 Å². The molecule has 0 saturated heterocycles. The lowest BCUT2D eigenvalue weighted by molar-refractivity contribution is 0.112. The van der Waals surface area contributed by atoms with E-state index < -0.39 is 0 Å². The van der Waals surface area contributed by atoms with E-state index in [-0.39, 0.29) is 12.2 Å². The first kappa shape index (κ1) is 12.2. The predicted octanol–water partition coefficient (Wildman–Crippen LogP) is 1.48. The molecule has 17 heavy (non-hydrogen) atoms. The Morgan fingerprint density at radius 3 is 3.18 bits per heavy atom. The second-order valence-electron chi connectivity index (χ2n) is 4.32. The van der Waals surface area contributed by atoms with Gasteiger partial charge in [0.2, 0.25) is 0 Å². The van der Waals surface area contributed by atoms with E-state index in [1.807, 2.05) is 31.2 Å². The van der Waals surface area contributed by atoms with Crippen LogP contribution in [-0.4, -0.2) is 39.0 Å². The van der Waals surface area contributed by atoms with Gasteiger partial charge in [0, 0.05) is 20.2 Å². The number of nitrogens with one attached hydrogen (secondary N) is 2. The zero-order chi connectivity index (χ0) is 12.1. The molecule has 1 heterocycles. The summed E-state index contributed by atoms with van der Waals surface area (Å²) in [6.07, 6.45) is 0.410. The van der Waals surface area contributed by atoms with Gasteiger partial charge in [-0.05, 0) is 19.1 Å². The smallest absolute Gasteiger partial charge is 0.142 e. The summed E-state index contributed by atoms with van der Waals surface area (Å²) in [5.41, 5.74) is 1.08. The molecule has 0 spiro atoms. The maximum absolute atomic E-state index is 5.88. The summed E-state index contributed by atoms with van der Waals surface area (Å²) in [4.78, 5) is 0. The average Bonchev–Trinajstić information content (AvgIpc) is 2.38. The van der Waals surface area contributed by atoms with Crippen LogP contribution in [0, 0.1) is 0 Å². The van der Waals surface area contributed by atoms with E-state index in [2.05, 4.69) is 10.6 Å². The van der Waals surface area contributed by atoms with Crippen LogP contribution in [-0.2, 0) is 4.74 Å². The fourth-order valence-corrected chi connectivity index (χ4v) is 1.81. The number of ether oxygens (including phenoxy) is 2. The van der Waals surface area contributed by atoms with Crippen molar-refractivity contribution in [3.63, 3.8) is 0 Å². The number of methoxy groups -OCH3 is 1. The highest BCUT2D eigenvalue weighted by Gasteiger charge is 2.18. The summed E-state index contributed by atoms with van der Waals surface area (Å²) in [5.74, 6) is 0.935. The lowest BCUT2D eigenvalue weighted by Gasteiger charge is -2.27. The quantitative estimate of drug-likeness (QED) is 0.812. The van der Waals surface area contributed by atoms with Crippen LogP contribution >= 0.6 is 0 Å². The molecular weight excluding hydrogens is 216 g/mol. The Morgan fingerprint density at radius 2 is 2.35 bits per heavy atom. The summed E-state index contributed by atoms with van der Waals surface area (Å²) in [7, 11) is 1.72. The molecule has 1 aliphatic heterocycles. The fourth-order valence-electron chi connectivity index (χ4n) is 1.81. The van der Waals surface area contributed by atoms with Crippen molar-refractivity contribution in [2.24, 2.45) is 0 Å². The van der Waals surface area contributed by atoms with Gasteiger partial charge in [-0.15, -0.1) is 0 Å². The van der Waals surface area contributed by atoms with Crippen molar-refractivity contribution >= 4 is 5.69 Å². The molecule has 2 atom stereocenters. The van der Waals surface area contributed by atoms with E-state index in [0.29, 0.717) is 0 Å². The highest BCUT2D eigenvalue weighted by Crippen LogP contribution is 2.27. The number of para-hydroxylation sites is 2. The zero-order valence-electron chi connectivity index (χ0n) is 10.4. The lowest BCUT2D eigenvalue weighted by Crippen LogP contribution is -2.41. The number of rotatable bonds is 5. The molecule has 1 aromatic carbocycles. The second-order valence-corrected chi connectivity index (χ2v) is 4.32. The minimum Gasteiger partial charge on any atom is -0.485 e. The van der Waals surface area contributed by atoms with Crippen LogP contribution in [0.4, 0.5) is 5.69 Å². The van der Waals surface area contributed by atoms with Gasteiger partial charge in [-0.2, -0.15) is 0 Å². The molecule has 0 bridgehead atoms. The molecule has 0 saturated carbocycles. The summed E-state index contributed by atoms with van der Waals surface area (Å²) in [6.45, 7) is 4.56. The molecular formula is C13H20N2O2. The number of benzene rings is 1. The topological polar surface area (TPSA) is 42.5 Å². The van der Waals surface area contributed by atoms with Crippen LogP contribution in [0.5, 0.6) is 5.75 Å². The van der Waals surface area contributed by atoms with Crippen LogP contribution in [0.3, 0.4) is 0 Å². The fraction of sp³-hybridized carbons (Fsp3) is 0.538. The molecule has 2 unspecified atom stereocenters. The highest BCUT2D eigenvalue weighted by atomic mass is 16.5. The first-order chi connectivity index (χ1) is 8.29. The van der Waals surface area contributed by atoms with Crippen molar-refractivity contribution < 1.29 is 9.47 Å². The van der Waals surface area contributed by atoms with Crippen molar-refractivity contribution in [3.05, 3.63) is 24.3 Å². The molecule has 94 valence electrons. The standard InChI is InChI=1S/C13H20N2O2/c1-10(16-2)7-14-8-11-9-15-12-5-3-4-6-13(12)17-11/h3-6,10-11,14-15H,7-9H2,1-2H3. The summed E-state index contributed by atoms with van der Waals surface area (Å²) in [6, 6.07) is 8.02. The Labute approximate surface area is 102 Å². The minimum absolute atomic E-state index is 0.175. The number of hydrogen-bond acceptors (Lipinski definition) is 4. The van der Waals surface area contributed by atoms with Crippen molar-refractivity contribution in [1.82, 2.24) is 5.32 Å². The van der Waals surface area contributed by atoms with Crippen molar-refractivity contribution in [2.45, 2.75) is 19.1 Å². The van der Waals surface area contributed by atoms with Crippen LogP contribution in [0.25, 0.3) is 0 Å². The monoisotopic (exact) mass is 236 g/mol. The van der Waals surface area contributed by atoms with E-state index in [0.717, 1.165) is 31.1 Å². The maximum Gasteiger partial charge on any atom is 0.142 e. The van der Waals surface area contributed by atoms with Crippen LogP contribution in [0.15, 0.2) is 24.3 Å². The molecule has 2 rings (SSSR count). The molecule has 0 aromatic heterocycles. The molecule has 4 heteroatoms. The van der Waals surface area contributed by atoms with E-state index in [1.54, 1.807) is 7.11 Å². The SMILES string of the molecule is COC(C)CNCC1CNc2ccccc2O1. The van der Waals surface area contributed by atoms with Crippen LogP contribution in [0.1, 0.15) is 6.92 Å². The molecule has 0 fully saturated rings. The molecule has 0 radical (unpaired) electrons. The van der Waals surface area contributed by atoms with Crippen molar-refractivity contribution in [2.75, 3.05) is 32.1 Å². The van der Waals surface area contributed by atoms with Gasteiger partial charge in [0.25, 0.3) is 0 Å². The molecule has 1 aliphatic rings. The third kappa shape index (κ3) is 3.35. The average molecular weight is 236 g/mol. The van der Waals surface area contributed by atoms with Crippen molar-refractivity contribution in [3.8, 4) is 5.75 Å². The first-order valence-corrected chi connectivity index (χ1v) is 6.02. The van der Waals surface area contributed by atoms with Gasteiger partial charge in [0.15, 0.2) is 0 Å². The van der Waals surface area contributed by atoms with Gasteiger partial charge in [-0.25, -0.2) is 0 Å². The molecule has 4 nitrogen and oxygen atoms in total. The maximum atomic E-state index is 5.88. The third-order valence-electron chi connectivity index (χ3n) is 2.91. The number of fused-ring (bicyclic) bond motifs is 1. The van der Waals surface area contributed by atoms with Gasteiger partial charge in [-0.3, -0.25) is 0 Å². The Balaban J connectivity index is 1.78. The molecule has 0 aliphatic carbocycles. The van der Waals surface area contributed by atoms with E-state index in [9.17, 15) is 0 Å². The predicted molar refractivity (Wildman–Crippen MR) is 68.7 cm³/mol.